The van der Waals surface area contributed by atoms with Crippen LogP contribution in [0.15, 0.2) is 18.2 Å². The van der Waals surface area contributed by atoms with Crippen LogP contribution in [0.2, 0.25) is 0 Å². The van der Waals surface area contributed by atoms with Crippen LogP contribution in [0.25, 0.3) is 0 Å². The number of nitrogens with one attached hydrogen (secondary N) is 1. The van der Waals surface area contributed by atoms with Crippen molar-refractivity contribution in [3.63, 3.8) is 0 Å². The van der Waals surface area contributed by atoms with Crippen molar-refractivity contribution in [2.75, 3.05) is 6.61 Å². The van der Waals surface area contributed by atoms with Crippen LogP contribution in [0.3, 0.4) is 0 Å². The van der Waals surface area contributed by atoms with Gasteiger partial charge in [-0.3, -0.25) is 4.79 Å². The lowest BCUT2D eigenvalue weighted by Crippen LogP contribution is -2.26. The first kappa shape index (κ1) is 14.1. The Bertz CT molecular complexity index is 499. The summed E-state index contributed by atoms with van der Waals surface area (Å²) in [5, 5.41) is 11.8. The van der Waals surface area contributed by atoms with E-state index in [0.717, 1.165) is 16.4 Å². The van der Waals surface area contributed by atoms with Crippen LogP contribution in [0, 0.1) is 3.57 Å². The number of carbonyl (C=O) groups excluding carboxylic acids is 1. The molecule has 0 unspecified atom stereocenters. The summed E-state index contributed by atoms with van der Waals surface area (Å²) < 4.78 is 6.29. The molecule has 0 saturated heterocycles. The first-order chi connectivity index (χ1) is 9.06. The van der Waals surface area contributed by atoms with Gasteiger partial charge >= 0.3 is 5.97 Å². The number of ether oxygens (including phenoxy) is 1. The van der Waals surface area contributed by atoms with Crippen LogP contribution in [-0.4, -0.2) is 29.6 Å². The Morgan fingerprint density at radius 3 is 2.79 bits per heavy atom. The van der Waals surface area contributed by atoms with Gasteiger partial charge < -0.3 is 15.2 Å². The number of benzene rings is 1. The Kier molecular flexibility index (Phi) is 4.62. The molecule has 0 radical (unpaired) electrons. The molecule has 1 aromatic rings. The number of rotatable bonds is 6. The maximum absolute atomic E-state index is 11.5. The Balaban J connectivity index is 1.85. The number of halogens is 1. The zero-order valence-corrected chi connectivity index (χ0v) is 12.3. The average Bonchev–Trinajstić information content (AvgIpc) is 3.15. The Morgan fingerprint density at radius 1 is 1.42 bits per heavy atom. The number of amides is 1. The van der Waals surface area contributed by atoms with E-state index in [1.165, 1.54) is 12.1 Å². The fourth-order valence-corrected chi connectivity index (χ4v) is 2.02. The van der Waals surface area contributed by atoms with E-state index < -0.39 is 5.97 Å². The summed E-state index contributed by atoms with van der Waals surface area (Å²) in [6, 6.07) is 5.03. The smallest absolute Gasteiger partial charge is 0.335 e. The summed E-state index contributed by atoms with van der Waals surface area (Å²) in [6.45, 7) is 0.248. The molecule has 0 heterocycles. The minimum atomic E-state index is -0.993. The summed E-state index contributed by atoms with van der Waals surface area (Å²) in [5.74, 6) is -0.514. The average molecular weight is 375 g/mol. The molecule has 0 atom stereocenters. The third-order valence-electron chi connectivity index (χ3n) is 2.71. The molecule has 1 aliphatic carbocycles. The number of aromatic carboxylic acids is 1. The maximum atomic E-state index is 11.5. The second kappa shape index (κ2) is 6.23. The highest BCUT2D eigenvalue weighted by molar-refractivity contribution is 14.1. The molecule has 0 bridgehead atoms. The standard InChI is InChI=1S/C13H14INO4/c14-10-4-1-8(13(17)18)7-11(10)19-6-5-12(16)15-9-2-3-9/h1,4,7,9H,2-3,5-6H2,(H,15,16)(H,17,18). The highest BCUT2D eigenvalue weighted by Crippen LogP contribution is 2.23. The lowest BCUT2D eigenvalue weighted by molar-refractivity contribution is -0.121. The first-order valence-corrected chi connectivity index (χ1v) is 7.09. The summed E-state index contributed by atoms with van der Waals surface area (Å²) >= 11 is 2.07. The van der Waals surface area contributed by atoms with Crippen LogP contribution in [0.1, 0.15) is 29.6 Å². The van der Waals surface area contributed by atoms with Crippen molar-refractivity contribution in [3.8, 4) is 5.75 Å². The summed E-state index contributed by atoms with van der Waals surface area (Å²) in [4.78, 5) is 22.3. The van der Waals surface area contributed by atoms with E-state index in [0.29, 0.717) is 11.8 Å². The molecule has 19 heavy (non-hydrogen) atoms. The number of hydrogen-bond donors (Lipinski definition) is 2. The Morgan fingerprint density at radius 2 is 2.16 bits per heavy atom. The number of carboxylic acids is 1. The minimum Gasteiger partial charge on any atom is -0.492 e. The molecule has 1 fully saturated rings. The molecule has 5 nitrogen and oxygen atoms in total. The van der Waals surface area contributed by atoms with Gasteiger partial charge in [0.05, 0.1) is 22.2 Å². The van der Waals surface area contributed by atoms with Gasteiger partial charge in [0.2, 0.25) is 5.91 Å². The van der Waals surface area contributed by atoms with E-state index in [4.69, 9.17) is 9.84 Å². The van der Waals surface area contributed by atoms with Gasteiger partial charge in [0.15, 0.2) is 0 Å². The van der Waals surface area contributed by atoms with Gasteiger partial charge in [0.1, 0.15) is 5.75 Å². The molecule has 0 aromatic heterocycles. The van der Waals surface area contributed by atoms with E-state index in [-0.39, 0.29) is 24.5 Å². The zero-order valence-electron chi connectivity index (χ0n) is 10.2. The van der Waals surface area contributed by atoms with Crippen LogP contribution >= 0.6 is 22.6 Å². The molecule has 6 heteroatoms. The van der Waals surface area contributed by atoms with E-state index in [1.54, 1.807) is 6.07 Å². The first-order valence-electron chi connectivity index (χ1n) is 6.01. The van der Waals surface area contributed by atoms with Gasteiger partial charge in [-0.05, 0) is 53.6 Å². The number of carbonyl (C=O) groups is 2. The number of hydrogen-bond acceptors (Lipinski definition) is 3. The van der Waals surface area contributed by atoms with E-state index in [9.17, 15) is 9.59 Å². The Labute approximate surface area is 124 Å². The number of carboxylic acid groups (broad SMARTS) is 1. The molecule has 1 aliphatic rings. The molecule has 0 spiro atoms. The second-order valence-corrected chi connectivity index (χ2v) is 5.55. The summed E-state index contributed by atoms with van der Waals surface area (Å²) in [6.07, 6.45) is 2.40. The minimum absolute atomic E-state index is 0.0214. The van der Waals surface area contributed by atoms with E-state index in [1.807, 2.05) is 0 Å². The maximum Gasteiger partial charge on any atom is 0.335 e. The largest absolute Gasteiger partial charge is 0.492 e. The van der Waals surface area contributed by atoms with Gasteiger partial charge in [-0.1, -0.05) is 0 Å². The van der Waals surface area contributed by atoms with Gasteiger partial charge in [-0.2, -0.15) is 0 Å². The highest BCUT2D eigenvalue weighted by atomic mass is 127. The second-order valence-electron chi connectivity index (χ2n) is 4.39. The SMILES string of the molecule is O=C(CCOc1cc(C(=O)O)ccc1I)NC1CC1. The third kappa shape index (κ3) is 4.38. The van der Waals surface area contributed by atoms with Crippen LogP contribution < -0.4 is 10.1 Å². The van der Waals surface area contributed by atoms with Crippen molar-refractivity contribution < 1.29 is 19.4 Å². The fourth-order valence-electron chi connectivity index (χ4n) is 1.53. The van der Waals surface area contributed by atoms with Crippen molar-refractivity contribution in [3.05, 3.63) is 27.3 Å². The molecule has 2 rings (SSSR count). The highest BCUT2D eigenvalue weighted by Gasteiger charge is 2.22. The zero-order chi connectivity index (χ0) is 13.8. The van der Waals surface area contributed by atoms with Gasteiger partial charge in [-0.15, -0.1) is 0 Å². The van der Waals surface area contributed by atoms with Crippen molar-refractivity contribution in [1.82, 2.24) is 5.32 Å². The van der Waals surface area contributed by atoms with Crippen molar-refractivity contribution in [1.29, 1.82) is 0 Å². The molecule has 102 valence electrons. The molecular weight excluding hydrogens is 361 g/mol. The molecule has 1 aromatic carbocycles. The van der Waals surface area contributed by atoms with Crippen molar-refractivity contribution in [2.45, 2.75) is 25.3 Å². The molecule has 2 N–H and O–H groups in total. The lowest BCUT2D eigenvalue weighted by Gasteiger charge is -2.09. The molecule has 0 aliphatic heterocycles. The van der Waals surface area contributed by atoms with E-state index >= 15 is 0 Å². The summed E-state index contributed by atoms with van der Waals surface area (Å²) in [7, 11) is 0. The van der Waals surface area contributed by atoms with Crippen LogP contribution in [0.5, 0.6) is 5.75 Å². The summed E-state index contributed by atoms with van der Waals surface area (Å²) in [5.41, 5.74) is 0.179. The van der Waals surface area contributed by atoms with Crippen LogP contribution in [-0.2, 0) is 4.79 Å². The predicted molar refractivity (Wildman–Crippen MR) is 77.4 cm³/mol. The topological polar surface area (TPSA) is 75.6 Å². The predicted octanol–water partition coefficient (Wildman–Crippen LogP) is 2.04. The third-order valence-corrected chi connectivity index (χ3v) is 3.60. The quantitative estimate of drug-likeness (QED) is 0.747. The normalized spacial score (nSPS) is 13.9. The Hall–Kier alpha value is -1.31. The molecule has 1 amide bonds. The van der Waals surface area contributed by atoms with Crippen LogP contribution in [0.4, 0.5) is 0 Å². The van der Waals surface area contributed by atoms with Gasteiger partial charge in [0, 0.05) is 6.04 Å². The van der Waals surface area contributed by atoms with Gasteiger partial charge in [0.25, 0.3) is 0 Å². The molecule has 1 saturated carbocycles. The molecular formula is C13H14INO4. The lowest BCUT2D eigenvalue weighted by atomic mass is 10.2. The van der Waals surface area contributed by atoms with Gasteiger partial charge in [-0.25, -0.2) is 4.79 Å². The van der Waals surface area contributed by atoms with E-state index in [2.05, 4.69) is 27.9 Å². The fraction of sp³-hybridized carbons (Fsp3) is 0.385. The monoisotopic (exact) mass is 375 g/mol. The van der Waals surface area contributed by atoms with Crippen molar-refractivity contribution in [2.24, 2.45) is 0 Å². The van der Waals surface area contributed by atoms with Crippen molar-refractivity contribution >= 4 is 34.5 Å².